The number of aliphatic hydroxyl groups is 2. The molecule has 0 bridgehead atoms. The van der Waals surface area contributed by atoms with Crippen LogP contribution in [-0.2, 0) is 4.79 Å². The maximum atomic E-state index is 12.4. The van der Waals surface area contributed by atoms with E-state index < -0.39 is 12.1 Å². The Bertz CT molecular complexity index is 759. The minimum absolute atomic E-state index is 0.0244. The summed E-state index contributed by atoms with van der Waals surface area (Å²) in [5.41, 5.74) is 0. The highest BCUT2D eigenvalue weighted by Gasteiger charge is 2.20. The maximum Gasteiger partial charge on any atom is 0.220 e. The van der Waals surface area contributed by atoms with E-state index in [1.54, 1.807) is 0 Å². The topological polar surface area (TPSA) is 69.6 Å². The quantitative estimate of drug-likeness (QED) is 0.0536. The second-order valence-electron chi connectivity index (χ2n) is 19.0. The van der Waals surface area contributed by atoms with Gasteiger partial charge in [0.1, 0.15) is 0 Å². The van der Waals surface area contributed by atoms with Crippen molar-refractivity contribution in [2.45, 2.75) is 334 Å². The van der Waals surface area contributed by atoms with Gasteiger partial charge >= 0.3 is 0 Å². The molecule has 0 heterocycles. The molecule has 0 aliphatic rings. The van der Waals surface area contributed by atoms with E-state index in [0.29, 0.717) is 12.8 Å². The number of hydrogen-bond donors (Lipinski definition) is 3. The standard InChI is InChI=1S/C54H109NO3/c1-3-5-7-9-11-13-15-17-18-19-20-21-22-23-24-25-26-27-28-29-30-31-32-33-34-35-36-37-38-40-42-44-46-48-50-54(58)55-52(51-56)53(57)49-47-45-43-41-39-16-14-12-10-8-6-4-2/h52-53,56-57H,3-51H2,1-2H3,(H,55,58). The van der Waals surface area contributed by atoms with Gasteiger partial charge in [-0.2, -0.15) is 0 Å². The molecule has 0 fully saturated rings. The van der Waals surface area contributed by atoms with Crippen LogP contribution in [-0.4, -0.2) is 34.9 Å². The van der Waals surface area contributed by atoms with Gasteiger partial charge in [-0.1, -0.05) is 303 Å². The van der Waals surface area contributed by atoms with Gasteiger partial charge in [-0.3, -0.25) is 4.79 Å². The largest absolute Gasteiger partial charge is 0.394 e. The van der Waals surface area contributed by atoms with Gasteiger partial charge in [-0.05, 0) is 12.8 Å². The van der Waals surface area contributed by atoms with Crippen LogP contribution in [0.2, 0.25) is 0 Å². The van der Waals surface area contributed by atoms with Gasteiger partial charge in [0.15, 0.2) is 0 Å². The van der Waals surface area contributed by atoms with Gasteiger partial charge in [0.05, 0.1) is 18.8 Å². The molecular formula is C54H109NO3. The van der Waals surface area contributed by atoms with Crippen LogP contribution in [0.15, 0.2) is 0 Å². The van der Waals surface area contributed by atoms with E-state index in [0.717, 1.165) is 25.7 Å². The van der Waals surface area contributed by atoms with Crippen molar-refractivity contribution in [3.8, 4) is 0 Å². The number of amides is 1. The molecule has 0 aromatic carbocycles. The molecule has 3 N–H and O–H groups in total. The third-order valence-corrected chi connectivity index (χ3v) is 13.1. The van der Waals surface area contributed by atoms with E-state index in [4.69, 9.17) is 0 Å². The van der Waals surface area contributed by atoms with E-state index >= 15 is 0 Å². The van der Waals surface area contributed by atoms with Crippen molar-refractivity contribution in [3.63, 3.8) is 0 Å². The lowest BCUT2D eigenvalue weighted by Gasteiger charge is -2.22. The number of carbonyl (C=O) groups is 1. The van der Waals surface area contributed by atoms with E-state index in [2.05, 4.69) is 19.2 Å². The number of rotatable bonds is 51. The molecule has 58 heavy (non-hydrogen) atoms. The minimum atomic E-state index is -0.653. The van der Waals surface area contributed by atoms with Crippen molar-refractivity contribution in [1.82, 2.24) is 5.32 Å². The average Bonchev–Trinajstić information content (AvgIpc) is 3.23. The SMILES string of the molecule is CCCCCCCCCCCCCCCCCCCCCCCCCCCCCCCCCCCCC(=O)NC(CO)C(O)CCCCCCCCCCCCCC. The van der Waals surface area contributed by atoms with Crippen molar-refractivity contribution in [1.29, 1.82) is 0 Å². The highest BCUT2D eigenvalue weighted by atomic mass is 16.3. The summed E-state index contributed by atoms with van der Waals surface area (Å²) in [6, 6.07) is -0.529. The Morgan fingerprint density at radius 3 is 0.776 bits per heavy atom. The van der Waals surface area contributed by atoms with Crippen LogP contribution < -0.4 is 5.32 Å². The van der Waals surface area contributed by atoms with Crippen molar-refractivity contribution < 1.29 is 15.0 Å². The number of unbranched alkanes of at least 4 members (excludes halogenated alkanes) is 44. The predicted molar refractivity (Wildman–Crippen MR) is 258 cm³/mol. The normalized spacial score (nSPS) is 12.7. The van der Waals surface area contributed by atoms with Crippen molar-refractivity contribution >= 4 is 5.91 Å². The summed E-state index contributed by atoms with van der Waals surface area (Å²) in [4.78, 5) is 12.4. The summed E-state index contributed by atoms with van der Waals surface area (Å²) in [6.07, 6.45) is 63.9. The van der Waals surface area contributed by atoms with Gasteiger partial charge in [0.25, 0.3) is 0 Å². The minimum Gasteiger partial charge on any atom is -0.394 e. The summed E-state index contributed by atoms with van der Waals surface area (Å²) in [5.74, 6) is -0.0244. The Kier molecular flexibility index (Phi) is 50.2. The molecule has 0 spiro atoms. The third-order valence-electron chi connectivity index (χ3n) is 13.1. The highest BCUT2D eigenvalue weighted by molar-refractivity contribution is 5.76. The molecule has 0 aliphatic carbocycles. The van der Waals surface area contributed by atoms with E-state index in [1.165, 1.54) is 270 Å². The Balaban J connectivity index is 3.33. The zero-order chi connectivity index (χ0) is 42.1. The Labute approximate surface area is 365 Å². The van der Waals surface area contributed by atoms with Crippen molar-refractivity contribution in [2.75, 3.05) is 6.61 Å². The average molecular weight is 820 g/mol. The van der Waals surface area contributed by atoms with Crippen LogP contribution in [0, 0.1) is 0 Å². The molecule has 2 atom stereocenters. The second-order valence-corrected chi connectivity index (χ2v) is 19.0. The second kappa shape index (κ2) is 50.7. The maximum absolute atomic E-state index is 12.4. The zero-order valence-electron chi connectivity index (χ0n) is 40.1. The lowest BCUT2D eigenvalue weighted by Crippen LogP contribution is -2.45. The van der Waals surface area contributed by atoms with Gasteiger partial charge < -0.3 is 15.5 Å². The summed E-state index contributed by atoms with van der Waals surface area (Å²) in [7, 11) is 0. The molecule has 2 unspecified atom stereocenters. The van der Waals surface area contributed by atoms with Crippen LogP contribution >= 0.6 is 0 Å². The van der Waals surface area contributed by atoms with Crippen molar-refractivity contribution in [3.05, 3.63) is 0 Å². The fraction of sp³-hybridized carbons (Fsp3) is 0.981. The molecule has 0 aromatic heterocycles. The smallest absolute Gasteiger partial charge is 0.220 e. The monoisotopic (exact) mass is 820 g/mol. The van der Waals surface area contributed by atoms with Crippen molar-refractivity contribution in [2.24, 2.45) is 0 Å². The summed E-state index contributed by atoms with van der Waals surface area (Å²) >= 11 is 0. The fourth-order valence-corrected chi connectivity index (χ4v) is 8.95. The first-order valence-electron chi connectivity index (χ1n) is 27.2. The zero-order valence-corrected chi connectivity index (χ0v) is 40.1. The highest BCUT2D eigenvalue weighted by Crippen LogP contribution is 2.18. The summed E-state index contributed by atoms with van der Waals surface area (Å²) in [5, 5.41) is 23.2. The summed E-state index contributed by atoms with van der Waals surface area (Å²) < 4.78 is 0. The van der Waals surface area contributed by atoms with E-state index in [1.807, 2.05) is 0 Å². The number of aliphatic hydroxyl groups excluding tert-OH is 2. The van der Waals surface area contributed by atoms with Gasteiger partial charge in [0.2, 0.25) is 5.91 Å². The fourth-order valence-electron chi connectivity index (χ4n) is 8.95. The molecule has 0 saturated heterocycles. The summed E-state index contributed by atoms with van der Waals surface area (Å²) in [6.45, 7) is 4.39. The van der Waals surface area contributed by atoms with Gasteiger partial charge in [-0.25, -0.2) is 0 Å². The van der Waals surface area contributed by atoms with Gasteiger partial charge in [0, 0.05) is 6.42 Å². The number of carbonyl (C=O) groups excluding carboxylic acids is 1. The van der Waals surface area contributed by atoms with Gasteiger partial charge in [-0.15, -0.1) is 0 Å². The Morgan fingerprint density at radius 2 is 0.552 bits per heavy atom. The molecule has 4 nitrogen and oxygen atoms in total. The first kappa shape index (κ1) is 57.4. The Hall–Kier alpha value is -0.610. The molecule has 4 heteroatoms. The van der Waals surface area contributed by atoms with Crippen LogP contribution in [0.1, 0.15) is 322 Å². The van der Waals surface area contributed by atoms with Crippen LogP contribution in [0.3, 0.4) is 0 Å². The van der Waals surface area contributed by atoms with Crippen LogP contribution in [0.4, 0.5) is 0 Å². The number of nitrogens with one attached hydrogen (secondary N) is 1. The van der Waals surface area contributed by atoms with E-state index in [9.17, 15) is 15.0 Å². The number of hydrogen-bond acceptors (Lipinski definition) is 3. The molecule has 0 rings (SSSR count). The Morgan fingerprint density at radius 1 is 0.345 bits per heavy atom. The molecule has 348 valence electrons. The molecule has 0 aromatic rings. The van der Waals surface area contributed by atoms with Crippen LogP contribution in [0.25, 0.3) is 0 Å². The molecular weight excluding hydrogens is 711 g/mol. The van der Waals surface area contributed by atoms with E-state index in [-0.39, 0.29) is 12.5 Å². The first-order valence-corrected chi connectivity index (χ1v) is 27.2. The third kappa shape index (κ3) is 46.5. The molecule has 0 radical (unpaired) electrons. The van der Waals surface area contributed by atoms with Crippen LogP contribution in [0.5, 0.6) is 0 Å². The molecule has 0 saturated carbocycles. The first-order chi connectivity index (χ1) is 28.7. The molecule has 1 amide bonds. The predicted octanol–water partition coefficient (Wildman–Crippen LogP) is 17.6. The lowest BCUT2D eigenvalue weighted by atomic mass is 10.0. The lowest BCUT2D eigenvalue weighted by molar-refractivity contribution is -0.123. The molecule has 0 aliphatic heterocycles.